The molecule has 20 heteroatoms. The van der Waals surface area contributed by atoms with E-state index in [1.165, 1.54) is 75.6 Å². The predicted molar refractivity (Wildman–Crippen MR) is 213 cm³/mol. The van der Waals surface area contributed by atoms with Gasteiger partial charge in [0.25, 0.3) is 0 Å². The zero-order valence-corrected chi connectivity index (χ0v) is 34.8. The van der Waals surface area contributed by atoms with Gasteiger partial charge in [-0.05, 0) is 67.1 Å². The summed E-state index contributed by atoms with van der Waals surface area (Å²) in [4.78, 5) is 60.9. The molecule has 3 atom stereocenters. The number of nitrogens with one attached hydrogen (secondary N) is 2. The van der Waals surface area contributed by atoms with Gasteiger partial charge < -0.3 is 20.4 Å². The van der Waals surface area contributed by atoms with E-state index in [-0.39, 0.29) is 17.9 Å². The number of hydrogen-bond donors (Lipinski definition) is 2. The molecular weight excluding hydrogens is 861 g/mol. The number of amides is 2. The Morgan fingerprint density at radius 3 is 1.81 bits per heavy atom. The first-order valence-corrected chi connectivity index (χ1v) is 20.8. The number of alkyl halides is 9. The highest BCUT2D eigenvalue weighted by atomic mass is 35.5. The third-order valence-corrected chi connectivity index (χ3v) is 11.1. The van der Waals surface area contributed by atoms with E-state index >= 15 is 0 Å². The van der Waals surface area contributed by atoms with Gasteiger partial charge >= 0.3 is 18.5 Å². The van der Waals surface area contributed by atoms with Gasteiger partial charge in [0.05, 0.1) is 0 Å². The van der Waals surface area contributed by atoms with Crippen molar-refractivity contribution >= 4 is 42.3 Å². The molecule has 62 heavy (non-hydrogen) atoms. The molecular formula is C42H53ClF9N5O5. The minimum absolute atomic E-state index is 0.0242. The number of aldehydes is 3. The maximum atomic E-state index is 14.1. The summed E-state index contributed by atoms with van der Waals surface area (Å²) in [7, 11) is 0. The number of carbonyl (C=O) groups is 5. The van der Waals surface area contributed by atoms with Gasteiger partial charge in [0.1, 0.15) is 6.04 Å². The van der Waals surface area contributed by atoms with Crippen LogP contribution in [0.15, 0.2) is 48.5 Å². The lowest BCUT2D eigenvalue weighted by atomic mass is 9.84. The van der Waals surface area contributed by atoms with Gasteiger partial charge in [0.2, 0.25) is 30.7 Å². The van der Waals surface area contributed by atoms with Crippen LogP contribution in [0.1, 0.15) is 80.5 Å². The van der Waals surface area contributed by atoms with Crippen LogP contribution < -0.4 is 10.6 Å². The lowest BCUT2D eigenvalue weighted by Gasteiger charge is -2.42. The number of halogens is 10. The van der Waals surface area contributed by atoms with E-state index in [9.17, 15) is 49.1 Å². The predicted octanol–water partition coefficient (Wildman–Crippen LogP) is 7.42. The van der Waals surface area contributed by atoms with E-state index in [2.05, 4.69) is 32.6 Å². The molecule has 0 radical (unpaired) electrons. The van der Waals surface area contributed by atoms with Crippen LogP contribution >= 0.6 is 11.6 Å². The molecule has 3 fully saturated rings. The van der Waals surface area contributed by atoms with Crippen LogP contribution in [-0.2, 0) is 36.9 Å². The second-order valence-corrected chi connectivity index (χ2v) is 16.0. The van der Waals surface area contributed by atoms with Crippen molar-refractivity contribution < 1.29 is 63.5 Å². The zero-order valence-electron chi connectivity index (χ0n) is 34.1. The van der Waals surface area contributed by atoms with Gasteiger partial charge in [-0.2, -0.15) is 39.5 Å². The van der Waals surface area contributed by atoms with Crippen molar-refractivity contribution in [1.82, 2.24) is 25.3 Å². The number of likely N-dealkylation sites (tertiary alicyclic amines) is 1. The van der Waals surface area contributed by atoms with E-state index in [1.54, 1.807) is 0 Å². The highest BCUT2D eigenvalue weighted by molar-refractivity contribution is 6.30. The zero-order chi connectivity index (χ0) is 45.9. The Morgan fingerprint density at radius 1 is 0.742 bits per heavy atom. The molecule has 346 valence electrons. The summed E-state index contributed by atoms with van der Waals surface area (Å²) in [5, 5.41) is 7.28. The number of benzene rings is 2. The van der Waals surface area contributed by atoms with Gasteiger partial charge in [-0.3, -0.25) is 28.9 Å². The molecule has 6 rings (SSSR count). The molecule has 0 aromatic heterocycles. The Balaban J connectivity index is 0.000000478. The van der Waals surface area contributed by atoms with Crippen molar-refractivity contribution in [1.29, 1.82) is 0 Å². The molecule has 3 aliphatic heterocycles. The average molecular weight is 914 g/mol. The lowest BCUT2D eigenvalue weighted by Crippen LogP contribution is -2.58. The molecule has 2 unspecified atom stereocenters. The summed E-state index contributed by atoms with van der Waals surface area (Å²) in [6.45, 7) is 7.63. The van der Waals surface area contributed by atoms with Crippen molar-refractivity contribution in [3.05, 3.63) is 70.2 Å². The summed E-state index contributed by atoms with van der Waals surface area (Å²) in [6.07, 6.45) is -5.49. The molecule has 1 saturated carbocycles. The third kappa shape index (κ3) is 20.0. The molecule has 0 bridgehead atoms. The molecule has 3 heterocycles. The minimum atomic E-state index is -4.64. The molecule has 1 aliphatic carbocycles. The summed E-state index contributed by atoms with van der Waals surface area (Å²) in [5.41, 5.74) is 3.41. The Bertz CT molecular complexity index is 1650. The molecule has 4 aliphatic rings. The van der Waals surface area contributed by atoms with Crippen LogP contribution in [0, 0.1) is 5.92 Å². The third-order valence-electron chi connectivity index (χ3n) is 10.9. The fourth-order valence-electron chi connectivity index (χ4n) is 7.99. The number of hydrogen-bond acceptors (Lipinski definition) is 8. The first kappa shape index (κ1) is 52.3. The maximum absolute atomic E-state index is 14.1. The summed E-state index contributed by atoms with van der Waals surface area (Å²) >= 11 is 6.15. The van der Waals surface area contributed by atoms with Crippen molar-refractivity contribution in [3.63, 3.8) is 0 Å². The van der Waals surface area contributed by atoms with Crippen LogP contribution in [0.25, 0.3) is 0 Å². The highest BCUT2D eigenvalue weighted by Gasteiger charge is 2.34. The normalized spacial score (nSPS) is 19.5. The van der Waals surface area contributed by atoms with Crippen LogP contribution in [0.2, 0.25) is 5.02 Å². The van der Waals surface area contributed by atoms with Gasteiger partial charge in [0, 0.05) is 69.2 Å². The summed E-state index contributed by atoms with van der Waals surface area (Å²) < 4.78 is 93.8. The average Bonchev–Trinajstić information content (AvgIpc) is 3.91. The van der Waals surface area contributed by atoms with Gasteiger partial charge in [-0.15, -0.1) is 0 Å². The van der Waals surface area contributed by atoms with E-state index < -0.39 is 43.4 Å². The second kappa shape index (κ2) is 25.3. The van der Waals surface area contributed by atoms with Gasteiger partial charge in [-0.25, -0.2) is 0 Å². The van der Waals surface area contributed by atoms with Crippen LogP contribution in [-0.4, -0.2) is 122 Å². The summed E-state index contributed by atoms with van der Waals surface area (Å²) in [6, 6.07) is 15.8. The van der Waals surface area contributed by atoms with Crippen LogP contribution in [0.4, 0.5) is 39.5 Å². The second-order valence-electron chi connectivity index (χ2n) is 15.5. The molecule has 2 saturated heterocycles. The first-order chi connectivity index (χ1) is 29.2. The topological polar surface area (TPSA) is 119 Å². The van der Waals surface area contributed by atoms with E-state index in [1.807, 2.05) is 41.3 Å². The number of fused-ring (bicyclic) bond motifs is 1. The maximum Gasteiger partial charge on any atom is 0.446 e. The largest absolute Gasteiger partial charge is 0.446 e. The van der Waals surface area contributed by atoms with Gasteiger partial charge in [-0.1, -0.05) is 80.1 Å². The Kier molecular flexibility index (Phi) is 21.3. The van der Waals surface area contributed by atoms with Crippen molar-refractivity contribution in [3.8, 4) is 0 Å². The monoisotopic (exact) mass is 913 g/mol. The molecule has 2 aromatic carbocycles. The number of rotatable bonds is 11. The van der Waals surface area contributed by atoms with E-state index in [4.69, 9.17) is 26.0 Å². The first-order valence-electron chi connectivity index (χ1n) is 20.4. The molecule has 2 amide bonds. The number of nitrogens with zero attached hydrogens (tertiary/aromatic N) is 3. The quantitative estimate of drug-likeness (QED) is 0.177. The Morgan fingerprint density at radius 2 is 1.27 bits per heavy atom. The minimum Gasteiger partial charge on any atom is -0.344 e. The molecule has 2 aromatic rings. The van der Waals surface area contributed by atoms with Crippen LogP contribution in [0.5, 0.6) is 0 Å². The Hall–Kier alpha value is -4.07. The number of piperazine rings is 1. The standard InChI is InChI=1S/C36H50ClN5O2.3C2HF3O/c37-30-14-12-28(13-15-30)23-34(39-35(43)24-33-32-11-5-4-10-29(32)25-38-33)36(44)42-20-18-41(19-21-42)31(26-40-16-6-7-17-40)22-27-8-2-1-3-9-27;3*3-2(4,5)1-6/h4-5,10-15,27,31,33-34,38H,1-3,6-9,16-26H2,(H,39,43);3*1H/t31?,33?,34-;;;/m1.../s1. The summed E-state index contributed by atoms with van der Waals surface area (Å²) in [5.74, 6) is 0.774. The fraction of sp³-hybridized carbons (Fsp3) is 0.595. The van der Waals surface area contributed by atoms with Crippen molar-refractivity contribution in [2.75, 3.05) is 45.8 Å². The SMILES string of the molecule is O=C(CC1NCc2ccccc21)N[C@H](Cc1ccc(Cl)cc1)C(=O)N1CCN(C(CC2CCCCC2)CN2CCCC2)CC1.O=CC(F)(F)F.O=CC(F)(F)F.O=CC(F)(F)F. The Labute approximate surface area is 359 Å². The number of carbonyl (C=O) groups excluding carboxylic acids is 5. The van der Waals surface area contributed by atoms with Crippen molar-refractivity contribution in [2.45, 2.75) is 107 Å². The van der Waals surface area contributed by atoms with Crippen molar-refractivity contribution in [2.24, 2.45) is 5.92 Å². The van der Waals surface area contributed by atoms with E-state index in [0.717, 1.165) is 37.7 Å². The fourth-order valence-corrected chi connectivity index (χ4v) is 8.12. The van der Waals surface area contributed by atoms with Crippen LogP contribution in [0.3, 0.4) is 0 Å². The molecule has 2 N–H and O–H groups in total. The van der Waals surface area contributed by atoms with E-state index in [0.29, 0.717) is 37.0 Å². The highest BCUT2D eigenvalue weighted by Crippen LogP contribution is 2.30. The smallest absolute Gasteiger partial charge is 0.344 e. The van der Waals surface area contributed by atoms with Gasteiger partial charge in [0.15, 0.2) is 0 Å². The molecule has 10 nitrogen and oxygen atoms in total. The molecule has 0 spiro atoms. The lowest BCUT2D eigenvalue weighted by molar-refractivity contribution is -0.156.